The summed E-state index contributed by atoms with van der Waals surface area (Å²) in [7, 11) is 1.53. The van der Waals surface area contributed by atoms with E-state index in [1.807, 2.05) is 0 Å². The summed E-state index contributed by atoms with van der Waals surface area (Å²) in [4.78, 5) is 26.7. The van der Waals surface area contributed by atoms with Crippen molar-refractivity contribution in [3.8, 4) is 5.75 Å². The lowest BCUT2D eigenvalue weighted by molar-refractivity contribution is -0.123. The van der Waals surface area contributed by atoms with Crippen LogP contribution in [-0.2, 0) is 16.1 Å². The van der Waals surface area contributed by atoms with Gasteiger partial charge in [-0.3, -0.25) is 14.6 Å². The third kappa shape index (κ3) is 2.91. The van der Waals surface area contributed by atoms with Gasteiger partial charge >= 0.3 is 0 Å². The molecule has 27 heavy (non-hydrogen) atoms. The molecule has 1 saturated heterocycles. The zero-order valence-corrected chi connectivity index (χ0v) is 14.9. The van der Waals surface area contributed by atoms with Gasteiger partial charge < -0.3 is 4.74 Å². The van der Waals surface area contributed by atoms with Gasteiger partial charge in [0, 0.05) is 5.02 Å². The maximum Gasteiger partial charge on any atom is 0.263 e. The summed E-state index contributed by atoms with van der Waals surface area (Å²) in [5, 5.41) is 9.54. The Bertz CT molecular complexity index is 950. The summed E-state index contributed by atoms with van der Waals surface area (Å²) in [6.07, 6.45) is 0. The van der Waals surface area contributed by atoms with Crippen molar-refractivity contribution < 1.29 is 18.7 Å². The Morgan fingerprint density at radius 1 is 1.15 bits per heavy atom. The Morgan fingerprint density at radius 3 is 2.56 bits per heavy atom. The first kappa shape index (κ1) is 17.4. The lowest BCUT2D eigenvalue weighted by atomic mass is 10.1. The first-order valence-corrected chi connectivity index (χ1v) is 8.50. The van der Waals surface area contributed by atoms with E-state index in [1.54, 1.807) is 24.3 Å². The van der Waals surface area contributed by atoms with Gasteiger partial charge in [-0.05, 0) is 42.0 Å². The number of halogens is 2. The van der Waals surface area contributed by atoms with Crippen LogP contribution >= 0.6 is 11.6 Å². The summed E-state index contributed by atoms with van der Waals surface area (Å²) >= 11 is 6.06. The van der Waals surface area contributed by atoms with Crippen molar-refractivity contribution in [2.75, 3.05) is 12.0 Å². The van der Waals surface area contributed by atoms with Crippen molar-refractivity contribution in [2.24, 2.45) is 10.3 Å². The van der Waals surface area contributed by atoms with Gasteiger partial charge in [0.05, 0.1) is 19.3 Å². The average Bonchev–Trinajstić information content (AvgIpc) is 3.18. The number of nitrogens with zero attached hydrogens (tertiary/aromatic N) is 4. The molecule has 4 rings (SSSR count). The Balaban J connectivity index is 1.59. The van der Waals surface area contributed by atoms with E-state index in [2.05, 4.69) is 10.3 Å². The zero-order chi connectivity index (χ0) is 19.1. The second-order valence-corrected chi connectivity index (χ2v) is 6.55. The molecule has 2 aliphatic heterocycles. The van der Waals surface area contributed by atoms with Crippen molar-refractivity contribution in [3.05, 3.63) is 58.9 Å². The molecule has 2 amide bonds. The minimum atomic E-state index is -0.904. The molecule has 2 heterocycles. The zero-order valence-electron chi connectivity index (χ0n) is 14.2. The topological polar surface area (TPSA) is 74.6 Å². The van der Waals surface area contributed by atoms with Crippen LogP contribution in [0, 0.1) is 5.82 Å². The van der Waals surface area contributed by atoms with E-state index in [0.29, 0.717) is 17.0 Å². The van der Waals surface area contributed by atoms with E-state index >= 15 is 0 Å². The third-order valence-corrected chi connectivity index (χ3v) is 4.89. The molecule has 138 valence electrons. The van der Waals surface area contributed by atoms with E-state index in [0.717, 1.165) is 4.90 Å². The molecule has 0 saturated carbocycles. The molecule has 2 aromatic rings. The number of ether oxygens (including phenoxy) is 1. The van der Waals surface area contributed by atoms with Crippen molar-refractivity contribution >= 4 is 29.1 Å². The van der Waals surface area contributed by atoms with E-state index in [-0.39, 0.29) is 11.6 Å². The maximum atomic E-state index is 13.2. The van der Waals surface area contributed by atoms with E-state index in [9.17, 15) is 14.0 Å². The molecular weight excluding hydrogens is 375 g/mol. The molecule has 0 unspecified atom stereocenters. The average molecular weight is 389 g/mol. The number of carbonyl (C=O) groups is 2. The molecule has 0 bridgehead atoms. The number of benzene rings is 2. The van der Waals surface area contributed by atoms with Gasteiger partial charge in [-0.2, -0.15) is 5.11 Å². The number of fused-ring (bicyclic) bond motifs is 1. The van der Waals surface area contributed by atoms with Gasteiger partial charge in [-0.1, -0.05) is 22.9 Å². The van der Waals surface area contributed by atoms with Crippen LogP contribution < -0.4 is 9.64 Å². The number of hydrogen-bond acceptors (Lipinski definition) is 6. The highest BCUT2D eigenvalue weighted by Gasteiger charge is 2.54. The molecule has 1 fully saturated rings. The lowest BCUT2D eigenvalue weighted by Gasteiger charge is -2.21. The molecule has 0 spiro atoms. The van der Waals surface area contributed by atoms with Crippen molar-refractivity contribution in [1.29, 1.82) is 0 Å². The summed E-state index contributed by atoms with van der Waals surface area (Å²) in [5.41, 5.74) is 1.02. The number of carbonyl (C=O) groups excluding carboxylic acids is 2. The Hall–Kier alpha value is -3.00. The quantitative estimate of drug-likeness (QED) is 0.755. The summed E-state index contributed by atoms with van der Waals surface area (Å²) in [5.74, 6) is -0.696. The highest BCUT2D eigenvalue weighted by molar-refractivity contribution is 6.31. The number of amides is 2. The molecule has 2 aliphatic rings. The normalized spacial score (nSPS) is 21.1. The van der Waals surface area contributed by atoms with E-state index < -0.39 is 29.7 Å². The minimum absolute atomic E-state index is 0.138. The number of methoxy groups -OCH3 is 1. The second kappa shape index (κ2) is 6.62. The molecule has 0 N–H and O–H groups in total. The first-order valence-electron chi connectivity index (χ1n) is 8.13. The van der Waals surface area contributed by atoms with Crippen molar-refractivity contribution in [1.82, 2.24) is 5.01 Å². The van der Waals surface area contributed by atoms with Gasteiger partial charge in [0.25, 0.3) is 11.8 Å². The fourth-order valence-corrected chi connectivity index (χ4v) is 3.39. The minimum Gasteiger partial charge on any atom is -0.497 e. The molecule has 2 aromatic carbocycles. The van der Waals surface area contributed by atoms with Crippen LogP contribution in [0.3, 0.4) is 0 Å². The van der Waals surface area contributed by atoms with Crippen LogP contribution in [-0.4, -0.2) is 36.0 Å². The Morgan fingerprint density at radius 2 is 1.89 bits per heavy atom. The number of anilines is 1. The molecule has 0 aliphatic carbocycles. The molecule has 2 atom stereocenters. The number of imide groups is 1. The van der Waals surface area contributed by atoms with Gasteiger partial charge in [0.2, 0.25) is 0 Å². The van der Waals surface area contributed by atoms with Crippen LogP contribution in [0.2, 0.25) is 5.02 Å². The monoisotopic (exact) mass is 388 g/mol. The molecule has 0 aromatic heterocycles. The summed E-state index contributed by atoms with van der Waals surface area (Å²) < 4.78 is 18.3. The Kier molecular flexibility index (Phi) is 4.27. The predicted octanol–water partition coefficient (Wildman–Crippen LogP) is 2.98. The van der Waals surface area contributed by atoms with Gasteiger partial charge in [-0.15, -0.1) is 0 Å². The second-order valence-electron chi connectivity index (χ2n) is 6.14. The molecule has 9 heteroatoms. The SMILES string of the molecule is COc1ccc(N2C(=O)[C@@H]3N=NN(Cc4ccc(F)cc4Cl)[C@H]3C2=O)cc1. The summed E-state index contributed by atoms with van der Waals surface area (Å²) in [6, 6.07) is 8.83. The molecule has 7 nitrogen and oxygen atoms in total. The maximum absolute atomic E-state index is 13.2. The standard InChI is InChI=1S/C18H14ClFN4O3/c1-27-13-6-4-12(5-7-13)24-17(25)15-16(18(24)26)23(22-21-15)9-10-2-3-11(20)8-14(10)19/h2-8,15-16H,9H2,1H3/t15-,16-/m1/s1. The van der Waals surface area contributed by atoms with Gasteiger partial charge in [0.1, 0.15) is 11.6 Å². The van der Waals surface area contributed by atoms with Crippen LogP contribution in [0.15, 0.2) is 52.8 Å². The van der Waals surface area contributed by atoms with Crippen molar-refractivity contribution in [2.45, 2.75) is 18.6 Å². The molecular formula is C18H14ClFN4O3. The van der Waals surface area contributed by atoms with Crippen LogP contribution in [0.25, 0.3) is 0 Å². The van der Waals surface area contributed by atoms with E-state index in [1.165, 1.54) is 30.3 Å². The van der Waals surface area contributed by atoms with Gasteiger partial charge in [-0.25, -0.2) is 9.29 Å². The Labute approximate surface area is 159 Å². The lowest BCUT2D eigenvalue weighted by Crippen LogP contribution is -2.39. The van der Waals surface area contributed by atoms with Crippen molar-refractivity contribution in [3.63, 3.8) is 0 Å². The summed E-state index contributed by atoms with van der Waals surface area (Å²) in [6.45, 7) is 0.138. The van der Waals surface area contributed by atoms with Crippen LogP contribution in [0.1, 0.15) is 5.56 Å². The predicted molar refractivity (Wildman–Crippen MR) is 94.9 cm³/mol. The van der Waals surface area contributed by atoms with Crippen LogP contribution in [0.4, 0.5) is 10.1 Å². The fraction of sp³-hybridized carbons (Fsp3) is 0.222. The highest BCUT2D eigenvalue weighted by Crippen LogP contribution is 2.34. The highest BCUT2D eigenvalue weighted by atomic mass is 35.5. The third-order valence-electron chi connectivity index (χ3n) is 4.54. The number of hydrogen-bond donors (Lipinski definition) is 0. The smallest absolute Gasteiger partial charge is 0.263 e. The first-order chi connectivity index (χ1) is 13.0. The van der Waals surface area contributed by atoms with Crippen LogP contribution in [0.5, 0.6) is 5.75 Å². The largest absolute Gasteiger partial charge is 0.497 e. The number of rotatable bonds is 4. The van der Waals surface area contributed by atoms with Gasteiger partial charge in [0.15, 0.2) is 12.1 Å². The molecule has 0 radical (unpaired) electrons. The fourth-order valence-electron chi connectivity index (χ4n) is 3.16. The van der Waals surface area contributed by atoms with E-state index in [4.69, 9.17) is 16.3 Å².